The second kappa shape index (κ2) is 4.60. The third kappa shape index (κ3) is 3.23. The van der Waals surface area contributed by atoms with Crippen molar-refractivity contribution in [2.24, 2.45) is 0 Å². The molecule has 0 aliphatic rings. The Morgan fingerprint density at radius 3 is 2.31 bits per heavy atom. The van der Waals surface area contributed by atoms with Crippen molar-refractivity contribution < 1.29 is 13.5 Å². The second-order valence-electron chi connectivity index (χ2n) is 2.47. The van der Waals surface area contributed by atoms with Crippen LogP contribution in [-0.4, -0.2) is 13.5 Å². The van der Waals surface area contributed by atoms with E-state index in [1.807, 2.05) is 0 Å². The zero-order chi connectivity index (χ0) is 9.68. The molecule has 0 amide bonds. The Morgan fingerprint density at radius 1 is 1.23 bits per heavy atom. The zero-order valence-electron chi connectivity index (χ0n) is 7.21. The summed E-state index contributed by atoms with van der Waals surface area (Å²) < 4.78 is 28.4. The summed E-state index contributed by atoms with van der Waals surface area (Å²) in [6.07, 6.45) is -0.173. The first kappa shape index (κ1) is 9.71. The Morgan fingerprint density at radius 2 is 1.85 bits per heavy atom. The predicted molar refractivity (Wildman–Crippen MR) is 48.0 cm³/mol. The van der Waals surface area contributed by atoms with Gasteiger partial charge in [0.05, 0.1) is 7.11 Å². The molecule has 0 heterocycles. The highest BCUT2D eigenvalue weighted by molar-refractivity contribution is 5.50. The number of allylic oxidation sites excluding steroid dienone is 1. The van der Waals surface area contributed by atoms with Gasteiger partial charge in [-0.3, -0.25) is 0 Å². The smallest absolute Gasteiger partial charge is 0.257 e. The highest BCUT2D eigenvalue weighted by Crippen LogP contribution is 2.12. The Kier molecular flexibility index (Phi) is 3.43. The summed E-state index contributed by atoms with van der Waals surface area (Å²) in [5.41, 5.74) is 0.737. The van der Waals surface area contributed by atoms with Crippen molar-refractivity contribution in [1.82, 2.24) is 0 Å². The van der Waals surface area contributed by atoms with Crippen LogP contribution in [0.2, 0.25) is 0 Å². The minimum absolute atomic E-state index is 0.717. The molecule has 0 spiro atoms. The van der Waals surface area contributed by atoms with Crippen LogP contribution in [0, 0.1) is 0 Å². The van der Waals surface area contributed by atoms with E-state index in [0.717, 1.165) is 11.6 Å². The van der Waals surface area contributed by atoms with Crippen LogP contribution in [0.5, 0.6) is 5.75 Å². The molecule has 0 radical (unpaired) electrons. The molecule has 0 saturated heterocycles. The molecular formula is C10H10F2O. The number of methoxy groups -OCH3 is 1. The first-order valence-electron chi connectivity index (χ1n) is 3.83. The summed E-state index contributed by atoms with van der Waals surface area (Å²) in [7, 11) is 1.56. The molecule has 0 atom stereocenters. The van der Waals surface area contributed by atoms with E-state index in [9.17, 15) is 8.78 Å². The highest BCUT2D eigenvalue weighted by Gasteiger charge is 1.94. The highest BCUT2D eigenvalue weighted by atomic mass is 19.3. The van der Waals surface area contributed by atoms with Gasteiger partial charge in [-0.1, -0.05) is 18.2 Å². The van der Waals surface area contributed by atoms with Crippen LogP contribution >= 0.6 is 0 Å². The molecule has 3 heteroatoms. The lowest BCUT2D eigenvalue weighted by Gasteiger charge is -1.98. The Hall–Kier alpha value is -1.38. The minimum Gasteiger partial charge on any atom is -0.497 e. The molecule has 1 aromatic carbocycles. The molecule has 0 unspecified atom stereocenters. The van der Waals surface area contributed by atoms with Crippen molar-refractivity contribution in [3.05, 3.63) is 35.9 Å². The van der Waals surface area contributed by atoms with Crippen molar-refractivity contribution in [3.63, 3.8) is 0 Å². The van der Waals surface area contributed by atoms with Crippen molar-refractivity contribution in [2.45, 2.75) is 6.43 Å². The fourth-order valence-electron chi connectivity index (χ4n) is 0.899. The molecule has 0 bridgehead atoms. The monoisotopic (exact) mass is 184 g/mol. The summed E-state index contributed by atoms with van der Waals surface area (Å²) in [5.74, 6) is 0.717. The van der Waals surface area contributed by atoms with Crippen LogP contribution in [0.15, 0.2) is 30.3 Å². The summed E-state index contributed by atoms with van der Waals surface area (Å²) in [6.45, 7) is 0. The maximum Gasteiger partial charge on any atom is 0.257 e. The van der Waals surface area contributed by atoms with Gasteiger partial charge < -0.3 is 4.74 Å². The van der Waals surface area contributed by atoms with Gasteiger partial charge in [0.25, 0.3) is 6.43 Å². The number of benzene rings is 1. The van der Waals surface area contributed by atoms with E-state index in [-0.39, 0.29) is 0 Å². The molecule has 0 aromatic heterocycles. The second-order valence-corrected chi connectivity index (χ2v) is 2.47. The minimum atomic E-state index is -2.40. The summed E-state index contributed by atoms with van der Waals surface area (Å²) in [6, 6.07) is 6.89. The van der Waals surface area contributed by atoms with Gasteiger partial charge in [0.2, 0.25) is 0 Å². The number of ether oxygens (including phenoxy) is 1. The average molecular weight is 184 g/mol. The fraction of sp³-hybridized carbons (Fsp3) is 0.200. The van der Waals surface area contributed by atoms with Gasteiger partial charge in [-0.2, -0.15) is 0 Å². The molecule has 1 aromatic rings. The molecule has 0 fully saturated rings. The zero-order valence-corrected chi connectivity index (χ0v) is 7.21. The number of hydrogen-bond donors (Lipinski definition) is 0. The predicted octanol–water partition coefficient (Wildman–Crippen LogP) is 2.97. The summed E-state index contributed by atoms with van der Waals surface area (Å²) >= 11 is 0. The SMILES string of the molecule is COc1ccc(/C=C/C(F)F)cc1. The summed E-state index contributed by atoms with van der Waals surface area (Å²) in [5, 5.41) is 0. The van der Waals surface area contributed by atoms with Crippen molar-refractivity contribution in [1.29, 1.82) is 0 Å². The molecular weight excluding hydrogens is 174 g/mol. The first-order valence-corrected chi connectivity index (χ1v) is 3.83. The van der Waals surface area contributed by atoms with Crippen LogP contribution in [-0.2, 0) is 0 Å². The third-order valence-electron chi connectivity index (χ3n) is 1.55. The lowest BCUT2D eigenvalue weighted by atomic mass is 10.2. The number of halogens is 2. The molecule has 0 N–H and O–H groups in total. The molecule has 0 aliphatic carbocycles. The van der Waals surface area contributed by atoms with Gasteiger partial charge >= 0.3 is 0 Å². The number of rotatable bonds is 3. The van der Waals surface area contributed by atoms with Crippen LogP contribution < -0.4 is 4.74 Å². The van der Waals surface area contributed by atoms with E-state index in [2.05, 4.69) is 0 Å². The van der Waals surface area contributed by atoms with Crippen LogP contribution in [0.1, 0.15) is 5.56 Å². The van der Waals surface area contributed by atoms with E-state index in [0.29, 0.717) is 5.75 Å². The first-order chi connectivity index (χ1) is 6.22. The maximum atomic E-state index is 11.8. The fourth-order valence-corrected chi connectivity index (χ4v) is 0.899. The van der Waals surface area contributed by atoms with E-state index < -0.39 is 6.43 Å². The van der Waals surface area contributed by atoms with Gasteiger partial charge in [0.1, 0.15) is 5.75 Å². The molecule has 1 rings (SSSR count). The standard InChI is InChI=1S/C10H10F2O/c1-13-9-5-2-8(3-6-9)4-7-10(11)12/h2-7,10H,1H3/b7-4+. The van der Waals surface area contributed by atoms with Crippen LogP contribution in [0.3, 0.4) is 0 Å². The van der Waals surface area contributed by atoms with Crippen molar-refractivity contribution in [3.8, 4) is 5.75 Å². The van der Waals surface area contributed by atoms with E-state index >= 15 is 0 Å². The Balaban J connectivity index is 2.69. The van der Waals surface area contributed by atoms with Gasteiger partial charge in [-0.05, 0) is 23.8 Å². The number of hydrogen-bond acceptors (Lipinski definition) is 1. The lowest BCUT2D eigenvalue weighted by molar-refractivity contribution is 0.205. The van der Waals surface area contributed by atoms with Crippen molar-refractivity contribution >= 4 is 6.08 Å². The van der Waals surface area contributed by atoms with Crippen LogP contribution in [0.4, 0.5) is 8.78 Å². The Bertz CT molecular complexity index is 277. The Labute approximate surface area is 75.6 Å². The third-order valence-corrected chi connectivity index (χ3v) is 1.55. The molecule has 1 nitrogen and oxygen atoms in total. The van der Waals surface area contributed by atoms with E-state index in [1.165, 1.54) is 6.08 Å². The van der Waals surface area contributed by atoms with E-state index in [1.54, 1.807) is 31.4 Å². The van der Waals surface area contributed by atoms with Gasteiger partial charge in [-0.15, -0.1) is 0 Å². The average Bonchev–Trinajstić information content (AvgIpc) is 2.15. The van der Waals surface area contributed by atoms with Crippen LogP contribution in [0.25, 0.3) is 6.08 Å². The largest absolute Gasteiger partial charge is 0.497 e. The van der Waals surface area contributed by atoms with Gasteiger partial charge in [0, 0.05) is 0 Å². The topological polar surface area (TPSA) is 9.23 Å². The van der Waals surface area contributed by atoms with Gasteiger partial charge in [0.15, 0.2) is 0 Å². The molecule has 70 valence electrons. The van der Waals surface area contributed by atoms with E-state index in [4.69, 9.17) is 4.74 Å². The maximum absolute atomic E-state index is 11.8. The molecule has 0 saturated carbocycles. The number of alkyl halides is 2. The van der Waals surface area contributed by atoms with Crippen molar-refractivity contribution in [2.75, 3.05) is 7.11 Å². The summed E-state index contributed by atoms with van der Waals surface area (Å²) in [4.78, 5) is 0. The lowest BCUT2D eigenvalue weighted by Crippen LogP contribution is -1.83. The molecule has 0 aliphatic heterocycles. The quantitative estimate of drug-likeness (QED) is 0.701. The van der Waals surface area contributed by atoms with Gasteiger partial charge in [-0.25, -0.2) is 8.78 Å². The molecule has 13 heavy (non-hydrogen) atoms. The normalized spacial score (nSPS) is 11.1.